The lowest BCUT2D eigenvalue weighted by molar-refractivity contribution is -0.138. The van der Waals surface area contributed by atoms with Crippen LogP contribution in [0.3, 0.4) is 0 Å². The van der Waals surface area contributed by atoms with Gasteiger partial charge in [0.2, 0.25) is 5.91 Å². The third kappa shape index (κ3) is 2.70. The number of hydrogen-bond donors (Lipinski definition) is 0. The highest BCUT2D eigenvalue weighted by molar-refractivity contribution is 5.79. The van der Waals surface area contributed by atoms with E-state index < -0.39 is 0 Å². The molecule has 20 heavy (non-hydrogen) atoms. The lowest BCUT2D eigenvalue weighted by Crippen LogP contribution is -2.43. The molecule has 0 spiro atoms. The molecule has 0 N–H and O–H groups in total. The molecule has 0 atom stereocenters. The Bertz CT molecular complexity index is 506. The third-order valence-corrected chi connectivity index (χ3v) is 4.56. The summed E-state index contributed by atoms with van der Waals surface area (Å²) < 4.78 is 0. The highest BCUT2D eigenvalue weighted by Crippen LogP contribution is 2.23. The van der Waals surface area contributed by atoms with Crippen molar-refractivity contribution < 1.29 is 4.79 Å². The van der Waals surface area contributed by atoms with E-state index >= 15 is 0 Å². The van der Waals surface area contributed by atoms with Gasteiger partial charge < -0.3 is 9.80 Å². The first-order valence-electron chi connectivity index (χ1n) is 7.55. The number of carbonyl (C=O) groups is 1. The summed E-state index contributed by atoms with van der Waals surface area (Å²) in [6.07, 6.45) is 4.83. The Hall–Kier alpha value is -1.42. The van der Waals surface area contributed by atoms with Crippen LogP contribution in [0.5, 0.6) is 0 Å². The van der Waals surface area contributed by atoms with Crippen molar-refractivity contribution in [1.29, 1.82) is 0 Å². The number of amides is 1. The first kappa shape index (κ1) is 13.6. The van der Waals surface area contributed by atoms with Gasteiger partial charge in [0, 0.05) is 37.3 Å². The van der Waals surface area contributed by atoms with E-state index in [2.05, 4.69) is 29.9 Å². The van der Waals surface area contributed by atoms with Gasteiger partial charge in [0.25, 0.3) is 0 Å². The average molecular weight is 273 g/mol. The minimum Gasteiger partial charge on any atom is -0.338 e. The molecule has 3 heterocycles. The summed E-state index contributed by atoms with van der Waals surface area (Å²) in [7, 11) is 2.13. The SMILES string of the molecule is Cc1cnc2c(c1)CN(C(=O)C1CCN(C)CC1)CC2. The van der Waals surface area contributed by atoms with Crippen LogP contribution in [-0.4, -0.2) is 47.4 Å². The molecular weight excluding hydrogens is 250 g/mol. The molecule has 0 saturated carbocycles. The molecule has 1 aromatic rings. The molecule has 2 aliphatic rings. The molecule has 3 rings (SSSR count). The van der Waals surface area contributed by atoms with Crippen LogP contribution >= 0.6 is 0 Å². The Morgan fingerprint density at radius 2 is 2.05 bits per heavy atom. The lowest BCUT2D eigenvalue weighted by Gasteiger charge is -2.34. The van der Waals surface area contributed by atoms with Crippen LogP contribution in [0, 0.1) is 12.8 Å². The molecule has 4 nitrogen and oxygen atoms in total. The zero-order chi connectivity index (χ0) is 14.1. The van der Waals surface area contributed by atoms with E-state index in [-0.39, 0.29) is 5.92 Å². The van der Waals surface area contributed by atoms with Crippen LogP contribution in [-0.2, 0) is 17.8 Å². The second-order valence-electron chi connectivity index (χ2n) is 6.21. The largest absolute Gasteiger partial charge is 0.338 e. The molecular formula is C16H23N3O. The van der Waals surface area contributed by atoms with Crippen molar-refractivity contribution in [2.24, 2.45) is 5.92 Å². The first-order valence-corrected chi connectivity index (χ1v) is 7.55. The van der Waals surface area contributed by atoms with E-state index in [0.717, 1.165) is 45.4 Å². The lowest BCUT2D eigenvalue weighted by atomic mass is 9.94. The smallest absolute Gasteiger partial charge is 0.226 e. The molecule has 0 aliphatic carbocycles. The summed E-state index contributed by atoms with van der Waals surface area (Å²) in [5, 5.41) is 0. The maximum absolute atomic E-state index is 12.6. The molecule has 108 valence electrons. The molecule has 1 amide bonds. The molecule has 0 unspecified atom stereocenters. The highest BCUT2D eigenvalue weighted by atomic mass is 16.2. The number of hydrogen-bond acceptors (Lipinski definition) is 3. The van der Waals surface area contributed by atoms with Crippen molar-refractivity contribution in [2.75, 3.05) is 26.7 Å². The quantitative estimate of drug-likeness (QED) is 0.780. The summed E-state index contributed by atoms with van der Waals surface area (Å²) in [5.41, 5.74) is 3.58. The van der Waals surface area contributed by atoms with E-state index in [1.54, 1.807) is 0 Å². The number of aromatic nitrogens is 1. The van der Waals surface area contributed by atoms with Gasteiger partial charge in [0.05, 0.1) is 0 Å². The van der Waals surface area contributed by atoms with Gasteiger partial charge in [0.15, 0.2) is 0 Å². The normalized spacial score (nSPS) is 20.8. The van der Waals surface area contributed by atoms with Gasteiger partial charge in [-0.1, -0.05) is 6.07 Å². The van der Waals surface area contributed by atoms with E-state index in [1.807, 2.05) is 11.1 Å². The van der Waals surface area contributed by atoms with Gasteiger partial charge in [-0.3, -0.25) is 9.78 Å². The second kappa shape index (κ2) is 5.52. The molecule has 0 bridgehead atoms. The number of likely N-dealkylation sites (tertiary alicyclic amines) is 1. The van der Waals surface area contributed by atoms with E-state index in [9.17, 15) is 4.79 Å². The molecule has 4 heteroatoms. The molecule has 0 aromatic carbocycles. The number of pyridine rings is 1. The van der Waals surface area contributed by atoms with Crippen LogP contribution < -0.4 is 0 Å². The Kier molecular flexibility index (Phi) is 3.74. The van der Waals surface area contributed by atoms with E-state index in [1.165, 1.54) is 16.8 Å². The number of fused-ring (bicyclic) bond motifs is 1. The summed E-state index contributed by atoms with van der Waals surface area (Å²) in [5.74, 6) is 0.579. The maximum Gasteiger partial charge on any atom is 0.226 e. The fraction of sp³-hybridized carbons (Fsp3) is 0.625. The van der Waals surface area contributed by atoms with Gasteiger partial charge in [-0.2, -0.15) is 0 Å². The fourth-order valence-corrected chi connectivity index (χ4v) is 3.25. The van der Waals surface area contributed by atoms with Crippen LogP contribution in [0.4, 0.5) is 0 Å². The summed E-state index contributed by atoms with van der Waals surface area (Å²) in [6, 6.07) is 2.18. The predicted molar refractivity (Wildman–Crippen MR) is 78.3 cm³/mol. The Morgan fingerprint density at radius 1 is 1.30 bits per heavy atom. The van der Waals surface area contributed by atoms with Gasteiger partial charge in [-0.05, 0) is 51.0 Å². The number of aryl methyl sites for hydroxylation is 1. The minimum atomic E-state index is 0.227. The summed E-state index contributed by atoms with van der Waals surface area (Å²) >= 11 is 0. The van der Waals surface area contributed by atoms with Crippen LogP contribution in [0.2, 0.25) is 0 Å². The van der Waals surface area contributed by atoms with Gasteiger partial charge in [-0.15, -0.1) is 0 Å². The topological polar surface area (TPSA) is 36.4 Å². The van der Waals surface area contributed by atoms with Crippen molar-refractivity contribution in [1.82, 2.24) is 14.8 Å². The highest BCUT2D eigenvalue weighted by Gasteiger charge is 2.29. The van der Waals surface area contributed by atoms with Crippen LogP contribution in [0.25, 0.3) is 0 Å². The predicted octanol–water partition coefficient (Wildman–Crippen LogP) is 1.62. The fourth-order valence-electron chi connectivity index (χ4n) is 3.25. The van der Waals surface area contributed by atoms with Crippen molar-refractivity contribution >= 4 is 5.91 Å². The number of carbonyl (C=O) groups excluding carboxylic acids is 1. The standard InChI is InChI=1S/C16H23N3O/c1-12-9-14-11-19(8-5-15(14)17-10-12)16(20)13-3-6-18(2)7-4-13/h9-10,13H,3-8,11H2,1-2H3. The molecule has 1 aromatic heterocycles. The maximum atomic E-state index is 12.6. The number of piperidine rings is 1. The Balaban J connectivity index is 1.68. The third-order valence-electron chi connectivity index (χ3n) is 4.56. The second-order valence-corrected chi connectivity index (χ2v) is 6.21. The van der Waals surface area contributed by atoms with E-state index in [0.29, 0.717) is 5.91 Å². The molecule has 1 fully saturated rings. The minimum absolute atomic E-state index is 0.227. The zero-order valence-corrected chi connectivity index (χ0v) is 12.4. The molecule has 2 aliphatic heterocycles. The Labute approximate surface area is 120 Å². The number of rotatable bonds is 1. The van der Waals surface area contributed by atoms with Crippen molar-refractivity contribution in [3.63, 3.8) is 0 Å². The number of nitrogens with zero attached hydrogens (tertiary/aromatic N) is 3. The van der Waals surface area contributed by atoms with Crippen LogP contribution in [0.15, 0.2) is 12.3 Å². The van der Waals surface area contributed by atoms with Gasteiger partial charge in [-0.25, -0.2) is 0 Å². The molecule has 0 radical (unpaired) electrons. The molecule has 1 saturated heterocycles. The summed E-state index contributed by atoms with van der Waals surface area (Å²) in [4.78, 5) is 21.5. The van der Waals surface area contributed by atoms with E-state index in [4.69, 9.17) is 0 Å². The van der Waals surface area contributed by atoms with Crippen molar-refractivity contribution in [3.05, 3.63) is 29.1 Å². The Morgan fingerprint density at radius 3 is 2.80 bits per heavy atom. The first-order chi connectivity index (χ1) is 9.63. The van der Waals surface area contributed by atoms with Crippen LogP contribution in [0.1, 0.15) is 29.7 Å². The van der Waals surface area contributed by atoms with Crippen molar-refractivity contribution in [3.8, 4) is 0 Å². The average Bonchev–Trinajstić information content (AvgIpc) is 2.46. The van der Waals surface area contributed by atoms with Gasteiger partial charge >= 0.3 is 0 Å². The monoisotopic (exact) mass is 273 g/mol. The summed E-state index contributed by atoms with van der Waals surface area (Å²) in [6.45, 7) is 5.72. The zero-order valence-electron chi connectivity index (χ0n) is 12.4. The van der Waals surface area contributed by atoms with Gasteiger partial charge in [0.1, 0.15) is 0 Å². The van der Waals surface area contributed by atoms with Crippen molar-refractivity contribution in [2.45, 2.75) is 32.7 Å².